The second-order valence-corrected chi connectivity index (χ2v) is 5.74. The van der Waals surface area contributed by atoms with Gasteiger partial charge in [-0.15, -0.1) is 0 Å². The molecule has 0 aromatic rings. The van der Waals surface area contributed by atoms with Crippen LogP contribution >= 0.6 is 0 Å². The van der Waals surface area contributed by atoms with E-state index in [1.165, 1.54) is 12.0 Å². The Balaban J connectivity index is -0.000000230. The monoisotopic (exact) mass is 288 g/mol. The van der Waals surface area contributed by atoms with Crippen molar-refractivity contribution in [2.75, 3.05) is 0 Å². The highest BCUT2D eigenvalue weighted by Gasteiger charge is 2.05. The van der Waals surface area contributed by atoms with Crippen LogP contribution in [0.3, 0.4) is 0 Å². The van der Waals surface area contributed by atoms with Gasteiger partial charge in [0, 0.05) is 6.42 Å². The Bertz CT molecular complexity index is 233. The average molecular weight is 288 g/mol. The maximum absolute atomic E-state index is 9.96. The first-order valence-electron chi connectivity index (χ1n) is 7.64. The van der Waals surface area contributed by atoms with Gasteiger partial charge in [-0.25, -0.2) is 0 Å². The molecule has 0 saturated carbocycles. The Hall–Kier alpha value is -0.830. The predicted molar refractivity (Wildman–Crippen MR) is 88.1 cm³/mol. The van der Waals surface area contributed by atoms with Crippen molar-refractivity contribution in [3.05, 3.63) is 11.6 Å². The van der Waals surface area contributed by atoms with Gasteiger partial charge in [-0.2, -0.15) is 0 Å². The lowest BCUT2D eigenvalue weighted by Gasteiger charge is -2.11. The van der Waals surface area contributed by atoms with Crippen LogP contribution in [0.4, 0.5) is 0 Å². The summed E-state index contributed by atoms with van der Waals surface area (Å²) in [5.74, 6) is -0.675. The van der Waals surface area contributed by atoms with Crippen molar-refractivity contribution in [1.82, 2.24) is 0 Å². The fourth-order valence-electron chi connectivity index (χ4n) is 0.703. The van der Waals surface area contributed by atoms with Gasteiger partial charge in [0.2, 0.25) is 0 Å². The normalized spacial score (nSPS) is 9.60. The Morgan fingerprint density at radius 2 is 1.50 bits per heavy atom. The Morgan fingerprint density at radius 1 is 1.10 bits per heavy atom. The van der Waals surface area contributed by atoms with Gasteiger partial charge in [-0.3, -0.25) is 4.79 Å². The van der Waals surface area contributed by atoms with E-state index in [0.717, 1.165) is 25.7 Å². The van der Waals surface area contributed by atoms with Crippen LogP contribution in [0.5, 0.6) is 0 Å². The summed E-state index contributed by atoms with van der Waals surface area (Å²) in [4.78, 5) is 9.96. The topological polar surface area (TPSA) is 57.5 Å². The average Bonchev–Trinajstić information content (AvgIpc) is 2.35. The molecule has 2 N–H and O–H groups in total. The SMILES string of the molecule is CC=C(C)C.CCC(C)(C)O.CCCCCCC(=O)O. The molecule has 3 nitrogen and oxygen atoms in total. The fourth-order valence-corrected chi connectivity index (χ4v) is 0.703. The number of allylic oxidation sites excluding steroid dienone is 2. The molecule has 122 valence electrons. The van der Waals surface area contributed by atoms with Crippen molar-refractivity contribution in [1.29, 1.82) is 0 Å². The van der Waals surface area contributed by atoms with Crippen LogP contribution in [0.25, 0.3) is 0 Å². The predicted octanol–water partition coefficient (Wildman–Crippen LogP) is 5.18. The molecule has 20 heavy (non-hydrogen) atoms. The highest BCUT2D eigenvalue weighted by molar-refractivity contribution is 5.66. The standard InChI is InChI=1S/C7H14O2.C5H12O.C5H10/c1-2-3-4-5-6-7(8)9;1-4-5(2,3)6;1-4-5(2)3/h2-6H2,1H3,(H,8,9);6H,4H2,1-3H3;4H,1-3H3. The van der Waals surface area contributed by atoms with Gasteiger partial charge in [-0.05, 0) is 47.5 Å². The molecular formula is C17H36O3. The van der Waals surface area contributed by atoms with Crippen molar-refractivity contribution in [2.24, 2.45) is 0 Å². The van der Waals surface area contributed by atoms with Gasteiger partial charge in [-0.1, -0.05) is 44.8 Å². The minimum atomic E-state index is -0.675. The molecule has 0 amide bonds. The van der Waals surface area contributed by atoms with E-state index in [-0.39, 0.29) is 0 Å². The van der Waals surface area contributed by atoms with Crippen LogP contribution in [0.2, 0.25) is 0 Å². The van der Waals surface area contributed by atoms with Crippen molar-refractivity contribution >= 4 is 5.97 Å². The molecule has 0 heterocycles. The van der Waals surface area contributed by atoms with E-state index < -0.39 is 11.6 Å². The summed E-state index contributed by atoms with van der Waals surface area (Å²) in [5.41, 5.74) is 0.921. The molecule has 0 atom stereocenters. The molecule has 0 bridgehead atoms. The first-order valence-corrected chi connectivity index (χ1v) is 7.64. The zero-order valence-electron chi connectivity index (χ0n) is 14.6. The molecule has 0 spiro atoms. The summed E-state index contributed by atoms with van der Waals surface area (Å²) in [6.45, 7) is 13.9. The summed E-state index contributed by atoms with van der Waals surface area (Å²) in [6, 6.07) is 0. The third-order valence-corrected chi connectivity index (χ3v) is 2.69. The smallest absolute Gasteiger partial charge is 0.303 e. The van der Waals surface area contributed by atoms with Crippen molar-refractivity contribution in [2.45, 2.75) is 92.6 Å². The Kier molecular flexibility index (Phi) is 19.6. The Morgan fingerprint density at radius 3 is 1.70 bits per heavy atom. The van der Waals surface area contributed by atoms with Crippen molar-refractivity contribution < 1.29 is 15.0 Å². The van der Waals surface area contributed by atoms with E-state index in [4.69, 9.17) is 10.2 Å². The number of aliphatic hydroxyl groups is 1. The summed E-state index contributed by atoms with van der Waals surface area (Å²) in [6.07, 6.45) is 7.46. The van der Waals surface area contributed by atoms with Crippen molar-refractivity contribution in [3.63, 3.8) is 0 Å². The number of carbonyl (C=O) groups is 1. The van der Waals surface area contributed by atoms with E-state index in [9.17, 15) is 4.79 Å². The molecule has 0 saturated heterocycles. The van der Waals surface area contributed by atoms with Gasteiger partial charge >= 0.3 is 5.97 Å². The number of rotatable bonds is 6. The number of aliphatic carboxylic acids is 1. The summed E-state index contributed by atoms with van der Waals surface area (Å²) >= 11 is 0. The number of hydrogen-bond donors (Lipinski definition) is 2. The molecular weight excluding hydrogens is 252 g/mol. The lowest BCUT2D eigenvalue weighted by Crippen LogP contribution is -2.15. The van der Waals surface area contributed by atoms with E-state index in [1.807, 2.05) is 13.8 Å². The van der Waals surface area contributed by atoms with E-state index in [1.54, 1.807) is 13.8 Å². The lowest BCUT2D eigenvalue weighted by molar-refractivity contribution is -0.137. The Labute approximate surface area is 126 Å². The van der Waals surface area contributed by atoms with Crippen LogP contribution in [0, 0.1) is 0 Å². The zero-order chi connectivity index (χ0) is 16.6. The number of carboxylic acids is 1. The second-order valence-electron chi connectivity index (χ2n) is 5.74. The summed E-state index contributed by atoms with van der Waals surface area (Å²) in [7, 11) is 0. The minimum Gasteiger partial charge on any atom is -0.481 e. The summed E-state index contributed by atoms with van der Waals surface area (Å²) < 4.78 is 0. The van der Waals surface area contributed by atoms with Gasteiger partial charge in [0.25, 0.3) is 0 Å². The maximum atomic E-state index is 9.96. The van der Waals surface area contributed by atoms with Crippen molar-refractivity contribution in [3.8, 4) is 0 Å². The largest absolute Gasteiger partial charge is 0.481 e. The molecule has 3 heteroatoms. The molecule has 0 aliphatic carbocycles. The fraction of sp³-hybridized carbons (Fsp3) is 0.824. The quantitative estimate of drug-likeness (QED) is 0.523. The van der Waals surface area contributed by atoms with Gasteiger partial charge in [0.1, 0.15) is 0 Å². The van der Waals surface area contributed by atoms with Crippen LogP contribution in [-0.2, 0) is 4.79 Å². The first kappa shape index (κ1) is 24.2. The molecule has 0 aromatic carbocycles. The molecule has 0 unspecified atom stereocenters. The van der Waals surface area contributed by atoms with E-state index in [2.05, 4.69) is 26.8 Å². The zero-order valence-corrected chi connectivity index (χ0v) is 14.6. The highest BCUT2D eigenvalue weighted by atomic mass is 16.4. The number of hydrogen-bond acceptors (Lipinski definition) is 2. The molecule has 0 fully saturated rings. The van der Waals surface area contributed by atoms with Crippen LogP contribution in [0.15, 0.2) is 11.6 Å². The first-order chi connectivity index (χ1) is 9.10. The molecule has 0 radical (unpaired) electrons. The molecule has 0 rings (SSSR count). The van der Waals surface area contributed by atoms with E-state index >= 15 is 0 Å². The summed E-state index contributed by atoms with van der Waals surface area (Å²) in [5, 5.41) is 17.0. The lowest BCUT2D eigenvalue weighted by atomic mass is 10.1. The highest BCUT2D eigenvalue weighted by Crippen LogP contribution is 2.03. The maximum Gasteiger partial charge on any atom is 0.303 e. The van der Waals surface area contributed by atoms with Crippen LogP contribution in [-0.4, -0.2) is 21.8 Å². The van der Waals surface area contributed by atoms with Gasteiger partial charge in [0.15, 0.2) is 0 Å². The minimum absolute atomic E-state index is 0.333. The molecule has 0 aliphatic rings. The van der Waals surface area contributed by atoms with Gasteiger partial charge in [0.05, 0.1) is 5.60 Å². The number of carboxylic acid groups (broad SMARTS) is 1. The van der Waals surface area contributed by atoms with Crippen LogP contribution < -0.4 is 0 Å². The third-order valence-electron chi connectivity index (χ3n) is 2.69. The third kappa shape index (κ3) is 43.4. The molecule has 0 aliphatic heterocycles. The number of unbranched alkanes of at least 4 members (excludes halogenated alkanes) is 3. The molecule has 0 aromatic heterocycles. The second kappa shape index (κ2) is 16.2. The van der Waals surface area contributed by atoms with Crippen LogP contribution in [0.1, 0.15) is 87.0 Å². The van der Waals surface area contributed by atoms with E-state index in [0.29, 0.717) is 6.42 Å². The van der Waals surface area contributed by atoms with Gasteiger partial charge < -0.3 is 10.2 Å².